The van der Waals surface area contributed by atoms with Crippen LogP contribution >= 0.6 is 15.9 Å². The number of alkyl halides is 1. The Morgan fingerprint density at radius 2 is 1.64 bits per heavy atom. The SMILES string of the molecule is O=C1CCC(=O)N1C1CCCCC1Br. The van der Waals surface area contributed by atoms with E-state index in [9.17, 15) is 9.59 Å². The maximum Gasteiger partial charge on any atom is 0.229 e. The Bertz CT molecular complexity index is 251. The molecule has 2 aliphatic rings. The van der Waals surface area contributed by atoms with E-state index in [1.54, 1.807) is 0 Å². The zero-order valence-electron chi connectivity index (χ0n) is 8.04. The first-order valence-corrected chi connectivity index (χ1v) is 6.10. The van der Waals surface area contributed by atoms with Crippen LogP contribution in [0.5, 0.6) is 0 Å². The van der Waals surface area contributed by atoms with Gasteiger partial charge in [-0.15, -0.1) is 0 Å². The lowest BCUT2D eigenvalue weighted by Crippen LogP contribution is -2.45. The zero-order valence-corrected chi connectivity index (χ0v) is 9.63. The van der Waals surface area contributed by atoms with Crippen LogP contribution in [0.1, 0.15) is 38.5 Å². The standard InChI is InChI=1S/C10H14BrNO2/c11-7-3-1-2-4-8(7)12-9(13)5-6-10(12)14/h7-8H,1-6H2. The Morgan fingerprint density at radius 3 is 2.21 bits per heavy atom. The molecule has 1 aliphatic carbocycles. The van der Waals surface area contributed by atoms with E-state index in [0.29, 0.717) is 17.7 Å². The molecule has 0 spiro atoms. The molecule has 0 radical (unpaired) electrons. The number of rotatable bonds is 1. The summed E-state index contributed by atoms with van der Waals surface area (Å²) in [6, 6.07) is 0.117. The van der Waals surface area contributed by atoms with Gasteiger partial charge in [-0.3, -0.25) is 14.5 Å². The third-order valence-electron chi connectivity index (χ3n) is 3.07. The largest absolute Gasteiger partial charge is 0.278 e. The van der Waals surface area contributed by atoms with Gasteiger partial charge >= 0.3 is 0 Å². The number of nitrogens with zero attached hydrogens (tertiary/aromatic N) is 1. The van der Waals surface area contributed by atoms with Gasteiger partial charge in [0.25, 0.3) is 0 Å². The van der Waals surface area contributed by atoms with E-state index in [4.69, 9.17) is 0 Å². The average Bonchev–Trinajstić information content (AvgIpc) is 2.48. The molecule has 14 heavy (non-hydrogen) atoms. The van der Waals surface area contributed by atoms with Crippen molar-refractivity contribution in [3.63, 3.8) is 0 Å². The molecular formula is C10H14BrNO2. The number of carbonyl (C=O) groups is 2. The minimum Gasteiger partial charge on any atom is -0.278 e. The van der Waals surface area contributed by atoms with Crippen LogP contribution in [-0.2, 0) is 9.59 Å². The summed E-state index contributed by atoms with van der Waals surface area (Å²) in [5, 5.41) is 0. The minimum absolute atomic E-state index is 0.0198. The molecule has 78 valence electrons. The van der Waals surface area contributed by atoms with E-state index < -0.39 is 0 Å². The summed E-state index contributed by atoms with van der Waals surface area (Å²) in [6.45, 7) is 0. The van der Waals surface area contributed by atoms with Crippen molar-refractivity contribution in [2.75, 3.05) is 0 Å². The summed E-state index contributed by atoms with van der Waals surface area (Å²) in [5.41, 5.74) is 0. The molecule has 0 aromatic rings. The summed E-state index contributed by atoms with van der Waals surface area (Å²) in [5.74, 6) is 0.0395. The van der Waals surface area contributed by atoms with E-state index in [1.807, 2.05) is 0 Å². The molecule has 0 bridgehead atoms. The van der Waals surface area contributed by atoms with E-state index in [2.05, 4.69) is 15.9 Å². The fraction of sp³-hybridized carbons (Fsp3) is 0.800. The van der Waals surface area contributed by atoms with E-state index in [1.165, 1.54) is 11.3 Å². The Morgan fingerprint density at radius 1 is 1.07 bits per heavy atom. The van der Waals surface area contributed by atoms with Crippen molar-refractivity contribution in [3.05, 3.63) is 0 Å². The van der Waals surface area contributed by atoms with Crippen molar-refractivity contribution in [2.24, 2.45) is 0 Å². The monoisotopic (exact) mass is 259 g/mol. The molecule has 2 unspecified atom stereocenters. The minimum atomic E-state index is 0.0198. The lowest BCUT2D eigenvalue weighted by molar-refractivity contribution is -0.141. The van der Waals surface area contributed by atoms with Gasteiger partial charge in [0.1, 0.15) is 0 Å². The number of hydrogen-bond donors (Lipinski definition) is 0. The summed E-state index contributed by atoms with van der Waals surface area (Å²) >= 11 is 3.57. The molecule has 0 aromatic heterocycles. The van der Waals surface area contributed by atoms with Crippen molar-refractivity contribution >= 4 is 27.7 Å². The molecule has 4 heteroatoms. The molecule has 0 aromatic carbocycles. The predicted octanol–water partition coefficient (Wildman–Crippen LogP) is 1.84. The van der Waals surface area contributed by atoms with Crippen LogP contribution < -0.4 is 0 Å². The van der Waals surface area contributed by atoms with Crippen LogP contribution in [-0.4, -0.2) is 27.6 Å². The zero-order chi connectivity index (χ0) is 10.1. The first-order valence-electron chi connectivity index (χ1n) is 5.19. The fourth-order valence-corrected chi connectivity index (χ4v) is 3.15. The van der Waals surface area contributed by atoms with Crippen LogP contribution in [0.3, 0.4) is 0 Å². The highest BCUT2D eigenvalue weighted by atomic mass is 79.9. The Hall–Kier alpha value is -0.380. The number of likely N-dealkylation sites (tertiary alicyclic amines) is 1. The quantitative estimate of drug-likeness (QED) is 0.533. The van der Waals surface area contributed by atoms with Gasteiger partial charge in [0, 0.05) is 17.7 Å². The molecular weight excluding hydrogens is 246 g/mol. The third kappa shape index (κ3) is 1.72. The number of imide groups is 1. The molecule has 2 amide bonds. The number of amides is 2. The molecule has 1 saturated heterocycles. The van der Waals surface area contributed by atoms with Crippen molar-refractivity contribution < 1.29 is 9.59 Å². The van der Waals surface area contributed by atoms with E-state index >= 15 is 0 Å². The van der Waals surface area contributed by atoms with Crippen LogP contribution in [0.2, 0.25) is 0 Å². The van der Waals surface area contributed by atoms with Gasteiger partial charge in [0.2, 0.25) is 11.8 Å². The molecule has 2 atom stereocenters. The van der Waals surface area contributed by atoms with Crippen LogP contribution in [0.15, 0.2) is 0 Å². The topological polar surface area (TPSA) is 37.4 Å². The molecule has 0 N–H and O–H groups in total. The van der Waals surface area contributed by atoms with Crippen molar-refractivity contribution in [1.29, 1.82) is 0 Å². The van der Waals surface area contributed by atoms with Crippen molar-refractivity contribution in [3.8, 4) is 0 Å². The lowest BCUT2D eigenvalue weighted by Gasteiger charge is -2.33. The van der Waals surface area contributed by atoms with Gasteiger partial charge in [-0.05, 0) is 12.8 Å². The van der Waals surface area contributed by atoms with E-state index in [-0.39, 0.29) is 17.9 Å². The average molecular weight is 260 g/mol. The second kappa shape index (κ2) is 4.01. The Balaban J connectivity index is 2.12. The second-order valence-electron chi connectivity index (χ2n) is 4.03. The Labute approximate surface area is 92.0 Å². The summed E-state index contributed by atoms with van der Waals surface area (Å²) in [4.78, 5) is 24.8. The van der Waals surface area contributed by atoms with Crippen molar-refractivity contribution in [2.45, 2.75) is 49.4 Å². The second-order valence-corrected chi connectivity index (χ2v) is 5.20. The molecule has 1 heterocycles. The van der Waals surface area contributed by atoms with Gasteiger partial charge < -0.3 is 0 Å². The molecule has 2 rings (SSSR count). The maximum absolute atomic E-state index is 11.5. The molecule has 3 nitrogen and oxygen atoms in total. The lowest BCUT2D eigenvalue weighted by atomic mass is 9.94. The number of hydrogen-bond acceptors (Lipinski definition) is 2. The van der Waals surface area contributed by atoms with Crippen LogP contribution in [0.4, 0.5) is 0 Å². The normalized spacial score (nSPS) is 33.9. The third-order valence-corrected chi connectivity index (χ3v) is 4.14. The summed E-state index contributed by atoms with van der Waals surface area (Å²) in [6.07, 6.45) is 5.19. The van der Waals surface area contributed by atoms with E-state index in [0.717, 1.165) is 19.3 Å². The molecule has 1 aliphatic heterocycles. The van der Waals surface area contributed by atoms with Gasteiger partial charge in [-0.25, -0.2) is 0 Å². The first kappa shape index (κ1) is 10.1. The first-order chi connectivity index (χ1) is 6.70. The smallest absolute Gasteiger partial charge is 0.229 e. The van der Waals surface area contributed by atoms with Gasteiger partial charge in [-0.2, -0.15) is 0 Å². The van der Waals surface area contributed by atoms with Crippen LogP contribution in [0, 0.1) is 0 Å². The summed E-state index contributed by atoms with van der Waals surface area (Å²) < 4.78 is 0. The van der Waals surface area contributed by atoms with Crippen LogP contribution in [0.25, 0.3) is 0 Å². The highest BCUT2D eigenvalue weighted by molar-refractivity contribution is 9.09. The number of halogens is 1. The maximum atomic E-state index is 11.5. The highest BCUT2D eigenvalue weighted by Gasteiger charge is 2.38. The van der Waals surface area contributed by atoms with Gasteiger partial charge in [0.05, 0.1) is 6.04 Å². The highest BCUT2D eigenvalue weighted by Crippen LogP contribution is 2.31. The Kier molecular flexibility index (Phi) is 2.91. The summed E-state index contributed by atoms with van der Waals surface area (Å²) in [7, 11) is 0. The molecule has 2 fully saturated rings. The fourth-order valence-electron chi connectivity index (χ4n) is 2.32. The molecule has 1 saturated carbocycles. The van der Waals surface area contributed by atoms with Gasteiger partial charge in [0.15, 0.2) is 0 Å². The predicted molar refractivity (Wildman–Crippen MR) is 56.1 cm³/mol. The van der Waals surface area contributed by atoms with Gasteiger partial charge in [-0.1, -0.05) is 28.8 Å². The number of carbonyl (C=O) groups excluding carboxylic acids is 2. The van der Waals surface area contributed by atoms with Crippen molar-refractivity contribution in [1.82, 2.24) is 4.90 Å².